The van der Waals surface area contributed by atoms with E-state index in [-0.39, 0.29) is 11.7 Å². The minimum atomic E-state index is -0.197. The third kappa shape index (κ3) is 2.10. The van der Waals surface area contributed by atoms with Crippen molar-refractivity contribution in [3.63, 3.8) is 0 Å². The van der Waals surface area contributed by atoms with Crippen molar-refractivity contribution >= 4 is 11.9 Å². The lowest BCUT2D eigenvalue weighted by atomic mass is 10.1. The summed E-state index contributed by atoms with van der Waals surface area (Å²) in [5.74, 6) is 0.125. The number of carbonyl (C=O) groups is 1. The fourth-order valence-electron chi connectivity index (χ4n) is 2.24. The maximum atomic E-state index is 13.6. The number of hydrazine groups is 1. The Morgan fingerprint density at radius 2 is 2.26 bits per heavy atom. The van der Waals surface area contributed by atoms with E-state index in [1.807, 2.05) is 11.1 Å². The molecule has 0 radical (unpaired) electrons. The second-order valence-corrected chi connectivity index (χ2v) is 4.49. The number of carbonyl (C=O) groups excluding carboxylic acids is 1. The Hall–Kier alpha value is -2.21. The molecule has 6 heteroatoms. The normalized spacial score (nSPS) is 14.4. The summed E-state index contributed by atoms with van der Waals surface area (Å²) >= 11 is 0. The van der Waals surface area contributed by atoms with E-state index in [0.717, 1.165) is 5.56 Å². The average Bonchev–Trinajstić information content (AvgIpc) is 2.96. The van der Waals surface area contributed by atoms with Crippen LogP contribution >= 0.6 is 0 Å². The fourth-order valence-corrected chi connectivity index (χ4v) is 2.24. The van der Waals surface area contributed by atoms with E-state index in [0.29, 0.717) is 24.6 Å². The third-order valence-electron chi connectivity index (χ3n) is 3.16. The zero-order valence-electron chi connectivity index (χ0n) is 10.4. The predicted molar refractivity (Wildman–Crippen MR) is 67.8 cm³/mol. The number of fused-ring (bicyclic) bond motifs is 1. The van der Waals surface area contributed by atoms with E-state index in [2.05, 4.69) is 10.4 Å². The summed E-state index contributed by atoms with van der Waals surface area (Å²) < 4.78 is 15.0. The number of anilines is 1. The molecular weight excluding hydrogens is 247 g/mol. The number of nitrogens with zero attached hydrogens (tertiary/aromatic N) is 3. The monoisotopic (exact) mass is 260 g/mol. The van der Waals surface area contributed by atoms with Gasteiger partial charge in [0.05, 0.1) is 0 Å². The molecule has 98 valence electrons. The molecule has 0 bridgehead atoms. The van der Waals surface area contributed by atoms with Crippen LogP contribution < -0.4 is 5.43 Å². The number of hydrogen-bond donors (Lipinski definition) is 1. The van der Waals surface area contributed by atoms with Crippen LogP contribution in [0.5, 0.6) is 0 Å². The predicted octanol–water partition coefficient (Wildman–Crippen LogP) is 2.02. The average molecular weight is 260 g/mol. The van der Waals surface area contributed by atoms with Crippen LogP contribution in [0.3, 0.4) is 0 Å². The van der Waals surface area contributed by atoms with Crippen molar-refractivity contribution in [2.45, 2.75) is 20.0 Å². The Morgan fingerprint density at radius 1 is 1.42 bits per heavy atom. The molecule has 1 aromatic heterocycles. The lowest BCUT2D eigenvalue weighted by Crippen LogP contribution is -2.26. The second-order valence-electron chi connectivity index (χ2n) is 4.49. The molecule has 5 nitrogen and oxygen atoms in total. The highest BCUT2D eigenvalue weighted by atomic mass is 19.1. The Balaban J connectivity index is 1.79. The first-order valence-corrected chi connectivity index (χ1v) is 5.97. The number of aromatic nitrogens is 2. The van der Waals surface area contributed by atoms with Crippen molar-refractivity contribution in [3.05, 3.63) is 47.5 Å². The van der Waals surface area contributed by atoms with Crippen molar-refractivity contribution < 1.29 is 9.18 Å². The van der Waals surface area contributed by atoms with Gasteiger partial charge in [0.1, 0.15) is 5.82 Å². The number of imidazole rings is 1. The van der Waals surface area contributed by atoms with Gasteiger partial charge in [-0.05, 0) is 11.6 Å². The molecule has 0 fully saturated rings. The summed E-state index contributed by atoms with van der Waals surface area (Å²) in [7, 11) is 0. The van der Waals surface area contributed by atoms with E-state index in [1.54, 1.807) is 18.5 Å². The molecule has 0 amide bonds. The van der Waals surface area contributed by atoms with Gasteiger partial charge in [-0.1, -0.05) is 12.1 Å². The molecule has 1 aliphatic rings. The molecule has 19 heavy (non-hydrogen) atoms. The van der Waals surface area contributed by atoms with E-state index >= 15 is 0 Å². The summed E-state index contributed by atoms with van der Waals surface area (Å²) in [5, 5.41) is 1.83. The highest BCUT2D eigenvalue weighted by Gasteiger charge is 2.22. The van der Waals surface area contributed by atoms with Crippen molar-refractivity contribution in [3.8, 4) is 0 Å². The van der Waals surface area contributed by atoms with Crippen LogP contribution in [-0.4, -0.2) is 20.5 Å². The quantitative estimate of drug-likeness (QED) is 0.897. The summed E-state index contributed by atoms with van der Waals surface area (Å²) in [5.41, 5.74) is 4.69. The lowest BCUT2D eigenvalue weighted by Gasteiger charge is -2.17. The standard InChI is InChI=1S/C13H13FN4O/c1-9(19)18-6-5-15-13(18)16-17-7-10-3-2-4-12(14)11(10)8-17/h2-6H,7-8H2,1H3,(H,15,16). The molecule has 2 aromatic rings. The topological polar surface area (TPSA) is 50.2 Å². The Morgan fingerprint density at radius 3 is 3.00 bits per heavy atom. The molecule has 1 N–H and O–H groups in total. The minimum absolute atomic E-state index is 0.122. The SMILES string of the molecule is CC(=O)n1ccnc1NN1Cc2cccc(F)c2C1. The van der Waals surface area contributed by atoms with E-state index in [1.165, 1.54) is 17.6 Å². The third-order valence-corrected chi connectivity index (χ3v) is 3.16. The fraction of sp³-hybridized carbons (Fsp3) is 0.231. The van der Waals surface area contributed by atoms with Gasteiger partial charge < -0.3 is 0 Å². The van der Waals surface area contributed by atoms with Gasteiger partial charge in [0, 0.05) is 38.0 Å². The number of benzene rings is 1. The Labute approximate surface area is 109 Å². The molecular formula is C13H13FN4O. The first kappa shape index (κ1) is 11.9. The minimum Gasteiger partial charge on any atom is -0.287 e. The molecule has 0 atom stereocenters. The molecule has 3 rings (SSSR count). The molecule has 0 unspecified atom stereocenters. The van der Waals surface area contributed by atoms with Crippen molar-refractivity contribution in [2.75, 3.05) is 5.43 Å². The molecule has 2 heterocycles. The van der Waals surface area contributed by atoms with Crippen molar-refractivity contribution in [2.24, 2.45) is 0 Å². The van der Waals surface area contributed by atoms with Gasteiger partial charge >= 0.3 is 0 Å². The summed E-state index contributed by atoms with van der Waals surface area (Å²) in [6.07, 6.45) is 3.14. The number of rotatable bonds is 2. The maximum absolute atomic E-state index is 13.6. The summed E-state index contributed by atoms with van der Waals surface area (Å²) in [4.78, 5) is 15.5. The van der Waals surface area contributed by atoms with Crippen LogP contribution in [0, 0.1) is 5.82 Å². The van der Waals surface area contributed by atoms with Crippen LogP contribution in [-0.2, 0) is 13.1 Å². The van der Waals surface area contributed by atoms with Gasteiger partial charge in [-0.25, -0.2) is 14.4 Å². The van der Waals surface area contributed by atoms with Gasteiger partial charge in [0.25, 0.3) is 0 Å². The molecule has 0 saturated heterocycles. The van der Waals surface area contributed by atoms with Gasteiger partial charge in [-0.2, -0.15) is 0 Å². The largest absolute Gasteiger partial charge is 0.287 e. The van der Waals surface area contributed by atoms with Crippen LogP contribution in [0.2, 0.25) is 0 Å². The maximum Gasteiger partial charge on any atom is 0.230 e. The van der Waals surface area contributed by atoms with E-state index in [4.69, 9.17) is 0 Å². The zero-order chi connectivity index (χ0) is 13.4. The molecule has 0 saturated carbocycles. The first-order chi connectivity index (χ1) is 9.15. The second kappa shape index (κ2) is 4.47. The van der Waals surface area contributed by atoms with Crippen molar-refractivity contribution in [1.82, 2.24) is 14.6 Å². The molecule has 0 aliphatic carbocycles. The lowest BCUT2D eigenvalue weighted by molar-refractivity contribution is 0.0937. The Bertz CT molecular complexity index is 637. The van der Waals surface area contributed by atoms with Crippen LogP contribution in [0.1, 0.15) is 22.8 Å². The van der Waals surface area contributed by atoms with E-state index in [9.17, 15) is 9.18 Å². The summed E-state index contributed by atoms with van der Waals surface area (Å²) in [6, 6.07) is 5.06. The van der Waals surface area contributed by atoms with Crippen LogP contribution in [0.15, 0.2) is 30.6 Å². The smallest absolute Gasteiger partial charge is 0.230 e. The molecule has 1 aromatic carbocycles. The van der Waals surface area contributed by atoms with E-state index < -0.39 is 0 Å². The van der Waals surface area contributed by atoms with Crippen LogP contribution in [0.4, 0.5) is 10.3 Å². The zero-order valence-corrected chi connectivity index (χ0v) is 10.4. The number of hydrogen-bond acceptors (Lipinski definition) is 4. The number of nitrogens with one attached hydrogen (secondary N) is 1. The highest BCUT2D eigenvalue weighted by Crippen LogP contribution is 2.25. The van der Waals surface area contributed by atoms with Crippen molar-refractivity contribution in [1.29, 1.82) is 0 Å². The first-order valence-electron chi connectivity index (χ1n) is 5.97. The molecule has 1 aliphatic heterocycles. The Kier molecular flexibility index (Phi) is 2.79. The van der Waals surface area contributed by atoms with Gasteiger partial charge in [0.2, 0.25) is 11.9 Å². The highest BCUT2D eigenvalue weighted by molar-refractivity contribution is 5.79. The van der Waals surface area contributed by atoms with Gasteiger partial charge in [-0.3, -0.25) is 14.8 Å². The van der Waals surface area contributed by atoms with Crippen LogP contribution in [0.25, 0.3) is 0 Å². The van der Waals surface area contributed by atoms with Gasteiger partial charge in [-0.15, -0.1) is 0 Å². The summed E-state index contributed by atoms with van der Waals surface area (Å²) in [6.45, 7) is 2.50. The van der Waals surface area contributed by atoms with Gasteiger partial charge in [0.15, 0.2) is 0 Å². The molecule has 0 spiro atoms. The number of halogens is 1.